The number of nitrogens with zero attached hydrogens (tertiary/aromatic N) is 1. The Morgan fingerprint density at radius 3 is 2.63 bits per heavy atom. The van der Waals surface area contributed by atoms with Crippen molar-refractivity contribution in [2.24, 2.45) is 5.41 Å². The van der Waals surface area contributed by atoms with Crippen molar-refractivity contribution in [1.29, 1.82) is 0 Å². The average molecular weight is 347 g/mol. The van der Waals surface area contributed by atoms with Crippen molar-refractivity contribution >= 4 is 26.0 Å². The van der Waals surface area contributed by atoms with Gasteiger partial charge in [0.05, 0.1) is 0 Å². The van der Waals surface area contributed by atoms with Gasteiger partial charge in [-0.3, -0.25) is 4.98 Å². The summed E-state index contributed by atoms with van der Waals surface area (Å²) >= 11 is 3.24. The Labute approximate surface area is 123 Å². The van der Waals surface area contributed by atoms with Crippen LogP contribution in [0.15, 0.2) is 27.8 Å². The van der Waals surface area contributed by atoms with E-state index in [1.54, 1.807) is 12.3 Å². The van der Waals surface area contributed by atoms with Crippen LogP contribution in [-0.2, 0) is 10.0 Å². The summed E-state index contributed by atoms with van der Waals surface area (Å²) < 4.78 is 27.8. The summed E-state index contributed by atoms with van der Waals surface area (Å²) in [7, 11) is -3.46. The lowest BCUT2D eigenvalue weighted by Crippen LogP contribution is -2.37. The van der Waals surface area contributed by atoms with Crippen molar-refractivity contribution in [3.8, 4) is 0 Å². The van der Waals surface area contributed by atoms with Gasteiger partial charge in [0.1, 0.15) is 4.90 Å². The minimum absolute atomic E-state index is 0.0881. The van der Waals surface area contributed by atoms with E-state index in [9.17, 15) is 8.42 Å². The standard InChI is InChI=1S/C13H19BrN2O2S/c1-13(5-3-2-4-6-13)10-16-19(17,18)12-7-11(14)8-15-9-12/h7-9,16H,2-6,10H2,1H3. The molecule has 1 aliphatic carbocycles. The molecule has 1 aromatic heterocycles. The van der Waals surface area contributed by atoms with Gasteiger partial charge >= 0.3 is 0 Å². The molecule has 0 spiro atoms. The largest absolute Gasteiger partial charge is 0.262 e. The Kier molecular flexibility index (Phi) is 4.63. The Balaban J connectivity index is 2.05. The topological polar surface area (TPSA) is 59.1 Å². The first-order chi connectivity index (χ1) is 8.91. The van der Waals surface area contributed by atoms with E-state index >= 15 is 0 Å². The molecule has 0 aliphatic heterocycles. The third kappa shape index (κ3) is 4.00. The maximum Gasteiger partial charge on any atom is 0.242 e. The molecule has 2 rings (SSSR count). The molecule has 19 heavy (non-hydrogen) atoms. The van der Waals surface area contributed by atoms with Crippen molar-refractivity contribution in [3.63, 3.8) is 0 Å². The molecule has 0 unspecified atom stereocenters. The summed E-state index contributed by atoms with van der Waals surface area (Å²) in [5, 5.41) is 0. The highest BCUT2D eigenvalue weighted by atomic mass is 79.9. The van der Waals surface area contributed by atoms with E-state index in [4.69, 9.17) is 0 Å². The zero-order valence-corrected chi connectivity index (χ0v) is 13.4. The van der Waals surface area contributed by atoms with Crippen LogP contribution >= 0.6 is 15.9 Å². The summed E-state index contributed by atoms with van der Waals surface area (Å²) in [4.78, 5) is 4.11. The Morgan fingerprint density at radius 1 is 1.32 bits per heavy atom. The summed E-state index contributed by atoms with van der Waals surface area (Å²) in [5.74, 6) is 0. The second-order valence-electron chi connectivity index (χ2n) is 5.53. The van der Waals surface area contributed by atoms with Gasteiger partial charge in [-0.25, -0.2) is 13.1 Å². The molecule has 0 radical (unpaired) electrons. The molecule has 1 aliphatic rings. The first-order valence-corrected chi connectivity index (χ1v) is 8.79. The smallest absolute Gasteiger partial charge is 0.242 e. The lowest BCUT2D eigenvalue weighted by atomic mass is 9.76. The van der Waals surface area contributed by atoms with Crippen LogP contribution in [0.25, 0.3) is 0 Å². The van der Waals surface area contributed by atoms with E-state index in [0.29, 0.717) is 11.0 Å². The Morgan fingerprint density at radius 2 is 2.00 bits per heavy atom. The average Bonchev–Trinajstić information content (AvgIpc) is 2.38. The monoisotopic (exact) mass is 346 g/mol. The fourth-order valence-electron chi connectivity index (χ4n) is 2.47. The lowest BCUT2D eigenvalue weighted by molar-refractivity contribution is 0.219. The summed E-state index contributed by atoms with van der Waals surface area (Å²) in [5.41, 5.74) is 0.0881. The first kappa shape index (κ1) is 14.9. The SMILES string of the molecule is CC1(CNS(=O)(=O)c2cncc(Br)c2)CCCCC1. The van der Waals surface area contributed by atoms with Crippen molar-refractivity contribution in [3.05, 3.63) is 22.9 Å². The molecule has 106 valence electrons. The van der Waals surface area contributed by atoms with Gasteiger partial charge in [-0.1, -0.05) is 26.2 Å². The third-order valence-electron chi connectivity index (χ3n) is 3.74. The normalized spacial score (nSPS) is 19.3. The van der Waals surface area contributed by atoms with Crippen LogP contribution in [0.5, 0.6) is 0 Å². The van der Waals surface area contributed by atoms with Crippen LogP contribution < -0.4 is 4.72 Å². The number of sulfonamides is 1. The molecule has 0 bridgehead atoms. The quantitative estimate of drug-likeness (QED) is 0.911. The fraction of sp³-hybridized carbons (Fsp3) is 0.615. The zero-order chi connectivity index (χ0) is 13.9. The van der Waals surface area contributed by atoms with Crippen molar-refractivity contribution in [1.82, 2.24) is 9.71 Å². The number of rotatable bonds is 4. The Hall–Kier alpha value is -0.460. The summed E-state index contributed by atoms with van der Waals surface area (Å²) in [6, 6.07) is 1.57. The number of nitrogens with one attached hydrogen (secondary N) is 1. The van der Waals surface area contributed by atoms with E-state index in [-0.39, 0.29) is 10.3 Å². The van der Waals surface area contributed by atoms with Crippen LogP contribution in [0.3, 0.4) is 0 Å². The highest BCUT2D eigenvalue weighted by Gasteiger charge is 2.28. The first-order valence-electron chi connectivity index (χ1n) is 6.52. The molecule has 1 N–H and O–H groups in total. The van der Waals surface area contributed by atoms with E-state index in [0.717, 1.165) is 12.8 Å². The summed E-state index contributed by atoms with van der Waals surface area (Å²) in [6.45, 7) is 2.66. The predicted octanol–water partition coefficient (Wildman–Crippen LogP) is 3.09. The number of halogens is 1. The number of aromatic nitrogens is 1. The lowest BCUT2D eigenvalue weighted by Gasteiger charge is -2.33. The van der Waals surface area contributed by atoms with Gasteiger partial charge in [0.15, 0.2) is 0 Å². The maximum absolute atomic E-state index is 12.2. The highest BCUT2D eigenvalue weighted by molar-refractivity contribution is 9.10. The van der Waals surface area contributed by atoms with Gasteiger partial charge in [0, 0.05) is 23.4 Å². The Bertz CT molecular complexity index is 539. The molecule has 1 fully saturated rings. The molecule has 1 aromatic rings. The van der Waals surface area contributed by atoms with Gasteiger partial charge in [0.2, 0.25) is 10.0 Å². The maximum atomic E-state index is 12.2. The molecule has 0 atom stereocenters. The number of pyridine rings is 1. The van der Waals surface area contributed by atoms with Gasteiger partial charge in [-0.05, 0) is 40.3 Å². The van der Waals surface area contributed by atoms with Crippen LogP contribution in [0.2, 0.25) is 0 Å². The van der Waals surface area contributed by atoms with Gasteiger partial charge < -0.3 is 0 Å². The molecular weight excluding hydrogens is 328 g/mol. The molecule has 0 amide bonds. The van der Waals surface area contributed by atoms with E-state index in [2.05, 4.69) is 32.6 Å². The van der Waals surface area contributed by atoms with E-state index < -0.39 is 10.0 Å². The number of hydrogen-bond acceptors (Lipinski definition) is 3. The molecule has 4 nitrogen and oxygen atoms in total. The molecular formula is C13H19BrN2O2S. The minimum Gasteiger partial charge on any atom is -0.262 e. The molecule has 1 saturated carbocycles. The number of hydrogen-bond donors (Lipinski definition) is 1. The molecule has 1 heterocycles. The third-order valence-corrected chi connectivity index (χ3v) is 5.54. The van der Waals surface area contributed by atoms with Gasteiger partial charge in [-0.15, -0.1) is 0 Å². The van der Waals surface area contributed by atoms with Gasteiger partial charge in [-0.2, -0.15) is 0 Å². The van der Waals surface area contributed by atoms with Crippen LogP contribution in [0, 0.1) is 5.41 Å². The van der Waals surface area contributed by atoms with Crippen molar-refractivity contribution < 1.29 is 8.42 Å². The van der Waals surface area contributed by atoms with Crippen LogP contribution in [0.1, 0.15) is 39.0 Å². The fourth-order valence-corrected chi connectivity index (χ4v) is 4.18. The second-order valence-corrected chi connectivity index (χ2v) is 8.22. The molecule has 0 aromatic carbocycles. The summed E-state index contributed by atoms with van der Waals surface area (Å²) in [6.07, 6.45) is 8.77. The van der Waals surface area contributed by atoms with Crippen molar-refractivity contribution in [2.75, 3.05) is 6.54 Å². The van der Waals surface area contributed by atoms with E-state index in [1.165, 1.54) is 25.5 Å². The molecule has 6 heteroatoms. The predicted molar refractivity (Wildman–Crippen MR) is 78.3 cm³/mol. The van der Waals surface area contributed by atoms with Gasteiger partial charge in [0.25, 0.3) is 0 Å². The minimum atomic E-state index is -3.46. The van der Waals surface area contributed by atoms with E-state index in [1.807, 2.05) is 0 Å². The van der Waals surface area contributed by atoms with Crippen LogP contribution in [-0.4, -0.2) is 19.9 Å². The van der Waals surface area contributed by atoms with Crippen molar-refractivity contribution in [2.45, 2.75) is 43.9 Å². The highest BCUT2D eigenvalue weighted by Crippen LogP contribution is 2.35. The zero-order valence-electron chi connectivity index (χ0n) is 11.0. The van der Waals surface area contributed by atoms with Crippen LogP contribution in [0.4, 0.5) is 0 Å². The second kappa shape index (κ2) is 5.89. The molecule has 0 saturated heterocycles.